The Balaban J connectivity index is 0.000000190. The van der Waals surface area contributed by atoms with Crippen LogP contribution in [0.2, 0.25) is 0 Å². The van der Waals surface area contributed by atoms with Crippen LogP contribution in [0.3, 0.4) is 0 Å². The van der Waals surface area contributed by atoms with Gasteiger partial charge in [-0.3, -0.25) is 19.2 Å². The Labute approximate surface area is 402 Å². The van der Waals surface area contributed by atoms with E-state index < -0.39 is 48.5 Å². The predicted molar refractivity (Wildman–Crippen MR) is 263 cm³/mol. The highest BCUT2D eigenvalue weighted by Crippen LogP contribution is 2.44. The summed E-state index contributed by atoms with van der Waals surface area (Å²) in [4.78, 5) is 72.4. The summed E-state index contributed by atoms with van der Waals surface area (Å²) >= 11 is 0. The maximum Gasteiger partial charge on any atom is 0.341 e. The molecule has 6 N–H and O–H groups in total. The first-order chi connectivity index (χ1) is 33.8. The van der Waals surface area contributed by atoms with Crippen molar-refractivity contribution >= 4 is 46.4 Å². The summed E-state index contributed by atoms with van der Waals surface area (Å²) in [6.45, 7) is 0.602. The fourth-order valence-electron chi connectivity index (χ4n) is 9.65. The molecule has 0 unspecified atom stereocenters. The summed E-state index contributed by atoms with van der Waals surface area (Å²) in [5, 5.41) is 18.2. The minimum Gasteiger partial charge on any atom is -0.480 e. The number of carbonyl (C=O) groups excluding carboxylic acids is 4. The molecule has 0 radical (unpaired) electrons. The van der Waals surface area contributed by atoms with Crippen molar-refractivity contribution in [1.82, 2.24) is 8.80 Å². The SMILES string of the molecule is Cc1c(C(=O)C(N)=O)c2c(OCC(=O)O)cccn2c1Cc1ccccc1-c1ccccc1.NC(=O)C(=O)c1c(C2CCCC2)c(Cc2ccccc2-c2ccccc2)n2cccc(OCC(=O)O)c12. The van der Waals surface area contributed by atoms with Gasteiger partial charge in [0.05, 0.1) is 22.2 Å². The molecule has 0 spiro atoms. The minimum atomic E-state index is -1.15. The number of nitrogens with zero attached hydrogens (tertiary/aromatic N) is 2. The third kappa shape index (κ3) is 9.92. The number of hydrogen-bond donors (Lipinski definition) is 4. The molecule has 9 rings (SSSR count). The van der Waals surface area contributed by atoms with Crippen molar-refractivity contribution in [1.29, 1.82) is 0 Å². The lowest BCUT2D eigenvalue weighted by atomic mass is 9.88. The number of benzene rings is 4. The largest absolute Gasteiger partial charge is 0.480 e. The van der Waals surface area contributed by atoms with E-state index in [1.54, 1.807) is 41.8 Å². The Morgan fingerprint density at radius 1 is 0.543 bits per heavy atom. The quantitative estimate of drug-likeness (QED) is 0.0503. The van der Waals surface area contributed by atoms with Crippen LogP contribution in [0.15, 0.2) is 146 Å². The van der Waals surface area contributed by atoms with Crippen LogP contribution in [0.5, 0.6) is 11.5 Å². The van der Waals surface area contributed by atoms with E-state index in [4.69, 9.17) is 26.0 Å². The van der Waals surface area contributed by atoms with Gasteiger partial charge in [0.2, 0.25) is 0 Å². The molecule has 4 aromatic carbocycles. The molecule has 0 bridgehead atoms. The summed E-state index contributed by atoms with van der Waals surface area (Å²) < 4.78 is 14.7. The number of Topliss-reactive ketones (excluding diaryl/α,β-unsaturated/α-hetero) is 2. The molecule has 14 heteroatoms. The third-order valence-corrected chi connectivity index (χ3v) is 12.6. The highest BCUT2D eigenvalue weighted by atomic mass is 16.5. The van der Waals surface area contributed by atoms with Gasteiger partial charge >= 0.3 is 11.9 Å². The fraction of sp³-hybridized carbons (Fsp3) is 0.179. The number of nitrogens with two attached hydrogens (primary N) is 2. The molecule has 0 aliphatic heterocycles. The van der Waals surface area contributed by atoms with E-state index in [0.29, 0.717) is 29.4 Å². The second-order valence-electron chi connectivity index (χ2n) is 17.0. The number of amides is 2. The number of fused-ring (bicyclic) bond motifs is 2. The van der Waals surface area contributed by atoms with E-state index in [2.05, 4.69) is 24.3 Å². The van der Waals surface area contributed by atoms with Crippen LogP contribution in [0, 0.1) is 6.92 Å². The smallest absolute Gasteiger partial charge is 0.341 e. The van der Waals surface area contributed by atoms with Crippen molar-refractivity contribution in [2.45, 2.75) is 51.4 Å². The van der Waals surface area contributed by atoms with Crippen LogP contribution in [0.1, 0.15) is 86.0 Å². The third-order valence-electron chi connectivity index (χ3n) is 12.6. The second kappa shape index (κ2) is 21.0. The van der Waals surface area contributed by atoms with E-state index in [1.807, 2.05) is 95.5 Å². The van der Waals surface area contributed by atoms with Gasteiger partial charge in [0, 0.05) is 36.6 Å². The fourth-order valence-corrected chi connectivity index (χ4v) is 9.65. The molecule has 2 amide bonds. The van der Waals surface area contributed by atoms with Gasteiger partial charge in [-0.2, -0.15) is 0 Å². The molecule has 1 aliphatic carbocycles. The molecule has 1 saturated carbocycles. The van der Waals surface area contributed by atoms with Gasteiger partial charge in [-0.15, -0.1) is 0 Å². The van der Waals surface area contributed by atoms with Gasteiger partial charge in [-0.25, -0.2) is 9.59 Å². The summed E-state index contributed by atoms with van der Waals surface area (Å²) in [5.74, 6) is -5.54. The molecule has 4 aromatic heterocycles. The van der Waals surface area contributed by atoms with Gasteiger partial charge in [0.15, 0.2) is 13.2 Å². The normalized spacial score (nSPS) is 12.3. The van der Waals surface area contributed by atoms with Crippen molar-refractivity contribution in [2.24, 2.45) is 11.5 Å². The number of ether oxygens (including phenoxy) is 2. The maximum atomic E-state index is 13.3. The molecule has 4 heterocycles. The highest BCUT2D eigenvalue weighted by molar-refractivity contribution is 6.45. The Morgan fingerprint density at radius 3 is 1.43 bits per heavy atom. The monoisotopic (exact) mass is 938 g/mol. The van der Waals surface area contributed by atoms with Crippen LogP contribution < -0.4 is 20.9 Å². The van der Waals surface area contributed by atoms with Crippen molar-refractivity contribution in [3.05, 3.63) is 191 Å². The Morgan fingerprint density at radius 2 is 0.957 bits per heavy atom. The molecule has 14 nitrogen and oxygen atoms in total. The molecule has 1 aliphatic rings. The second-order valence-corrected chi connectivity index (χ2v) is 17.0. The first-order valence-corrected chi connectivity index (χ1v) is 22.8. The van der Waals surface area contributed by atoms with Crippen LogP contribution >= 0.6 is 0 Å². The van der Waals surface area contributed by atoms with Crippen LogP contribution in [0.25, 0.3) is 33.3 Å². The zero-order chi connectivity index (χ0) is 49.5. The summed E-state index contributed by atoms with van der Waals surface area (Å²) in [5.41, 5.74) is 21.4. The van der Waals surface area contributed by atoms with Gasteiger partial charge in [-0.05, 0) is 94.5 Å². The zero-order valence-electron chi connectivity index (χ0n) is 38.3. The zero-order valence-corrected chi connectivity index (χ0v) is 38.3. The lowest BCUT2D eigenvalue weighted by Gasteiger charge is -2.16. The number of rotatable bonds is 17. The lowest BCUT2D eigenvalue weighted by Crippen LogP contribution is -2.24. The minimum absolute atomic E-state index is 0.0874. The van der Waals surface area contributed by atoms with Gasteiger partial charge in [0.1, 0.15) is 11.5 Å². The Bertz CT molecular complexity index is 3300. The van der Waals surface area contributed by atoms with Gasteiger partial charge in [-0.1, -0.05) is 122 Å². The molecular weight excluding hydrogens is 889 g/mol. The van der Waals surface area contributed by atoms with Crippen LogP contribution in [0.4, 0.5) is 0 Å². The van der Waals surface area contributed by atoms with E-state index in [0.717, 1.165) is 76.0 Å². The number of hydrogen-bond acceptors (Lipinski definition) is 8. The summed E-state index contributed by atoms with van der Waals surface area (Å²) in [7, 11) is 0. The number of primary amides is 2. The van der Waals surface area contributed by atoms with Crippen LogP contribution in [-0.4, -0.2) is 67.5 Å². The van der Waals surface area contributed by atoms with Gasteiger partial charge < -0.3 is 40.0 Å². The summed E-state index contributed by atoms with van der Waals surface area (Å²) in [6.07, 6.45) is 8.42. The van der Waals surface area contributed by atoms with Crippen molar-refractivity contribution in [3.8, 4) is 33.8 Å². The van der Waals surface area contributed by atoms with Gasteiger partial charge in [0.25, 0.3) is 23.4 Å². The number of aliphatic carboxylic acids is 2. The molecule has 1 fully saturated rings. The number of ketones is 2. The number of carboxylic acid groups (broad SMARTS) is 2. The first kappa shape index (κ1) is 47.7. The Kier molecular flexibility index (Phi) is 14.3. The number of pyridine rings is 2. The topological polar surface area (TPSA) is 222 Å². The molecule has 8 aromatic rings. The van der Waals surface area contributed by atoms with Crippen molar-refractivity contribution in [3.63, 3.8) is 0 Å². The molecular formula is C56H50N4O10. The maximum absolute atomic E-state index is 13.3. The highest BCUT2D eigenvalue weighted by Gasteiger charge is 2.34. The summed E-state index contributed by atoms with van der Waals surface area (Å²) in [6, 6.07) is 42.8. The molecule has 0 atom stereocenters. The van der Waals surface area contributed by atoms with Crippen LogP contribution in [-0.2, 0) is 32.0 Å². The standard InChI is InChI=1S/C30H28N2O5.C26H22N2O5/c31-30(36)29(35)27-26(20-11-4-5-12-20)23(32-16-8-15-24(28(27)32)37-18-25(33)34)17-21-13-6-7-14-22(21)19-9-2-1-3-10-19;1-16-20(14-18-10-5-6-11-19(18)17-8-3-2-4-9-17)28-13-7-12-21(33-15-22(29)30)24(28)23(16)25(31)26(27)32/h1-3,6-10,13-16,20H,4-5,11-12,17-18H2,(H2,31,36)(H,33,34);2-13H,14-15H2,1H3,(H2,27,32)(H,29,30). The average molecular weight is 939 g/mol. The van der Waals surface area contributed by atoms with Crippen molar-refractivity contribution in [2.75, 3.05) is 13.2 Å². The lowest BCUT2D eigenvalue weighted by molar-refractivity contribution is -0.140. The predicted octanol–water partition coefficient (Wildman–Crippen LogP) is 8.62. The van der Waals surface area contributed by atoms with E-state index in [-0.39, 0.29) is 28.5 Å². The Hall–Kier alpha value is -8.78. The number of carbonyl (C=O) groups is 6. The average Bonchev–Trinajstić information content (AvgIpc) is 4.09. The first-order valence-electron chi connectivity index (χ1n) is 22.8. The molecule has 0 saturated heterocycles. The van der Waals surface area contributed by atoms with E-state index in [1.165, 1.54) is 0 Å². The molecule has 70 heavy (non-hydrogen) atoms. The van der Waals surface area contributed by atoms with Crippen molar-refractivity contribution < 1.29 is 48.5 Å². The number of aromatic nitrogens is 2. The number of carboxylic acids is 2. The molecule has 354 valence electrons. The van der Waals surface area contributed by atoms with E-state index in [9.17, 15) is 33.9 Å². The van der Waals surface area contributed by atoms with E-state index >= 15 is 0 Å².